The Morgan fingerprint density at radius 2 is 2.06 bits per heavy atom. The quantitative estimate of drug-likeness (QED) is 0.579. The van der Waals surface area contributed by atoms with Crippen molar-refractivity contribution in [2.45, 2.75) is 30.7 Å². The molecule has 1 unspecified atom stereocenters. The number of aliphatic carboxylic acids is 1. The number of rotatable bonds is 7. The standard InChI is InChI=1S/C13H19NO2S/c1-3-4-9-14-12(13(15)16)10-5-7-11(17-2)8-6-10/h5-8,12,14H,3-4,9H2,1-2H3,(H,15,16). The van der Waals surface area contributed by atoms with E-state index in [1.165, 1.54) is 0 Å². The summed E-state index contributed by atoms with van der Waals surface area (Å²) < 4.78 is 0. The minimum absolute atomic E-state index is 0.600. The minimum Gasteiger partial charge on any atom is -0.480 e. The summed E-state index contributed by atoms with van der Waals surface area (Å²) in [6, 6.07) is 7.07. The van der Waals surface area contributed by atoms with Crippen molar-refractivity contribution in [2.24, 2.45) is 0 Å². The van der Waals surface area contributed by atoms with Crippen LogP contribution in [0.3, 0.4) is 0 Å². The van der Waals surface area contributed by atoms with Crippen LogP contribution >= 0.6 is 11.8 Å². The lowest BCUT2D eigenvalue weighted by Crippen LogP contribution is -2.29. The summed E-state index contributed by atoms with van der Waals surface area (Å²) in [6.45, 7) is 2.82. The van der Waals surface area contributed by atoms with E-state index >= 15 is 0 Å². The van der Waals surface area contributed by atoms with Crippen LogP contribution in [0.25, 0.3) is 0 Å². The van der Waals surface area contributed by atoms with E-state index in [0.29, 0.717) is 0 Å². The fourth-order valence-electron chi connectivity index (χ4n) is 1.57. The lowest BCUT2D eigenvalue weighted by molar-refractivity contribution is -0.139. The van der Waals surface area contributed by atoms with Crippen LogP contribution in [0, 0.1) is 0 Å². The summed E-state index contributed by atoms with van der Waals surface area (Å²) in [5.41, 5.74) is 0.811. The van der Waals surface area contributed by atoms with Gasteiger partial charge in [-0.25, -0.2) is 0 Å². The molecule has 1 atom stereocenters. The van der Waals surface area contributed by atoms with Gasteiger partial charge in [0.15, 0.2) is 0 Å². The number of nitrogens with one attached hydrogen (secondary N) is 1. The van der Waals surface area contributed by atoms with Crippen molar-refractivity contribution in [3.63, 3.8) is 0 Å². The zero-order valence-corrected chi connectivity index (χ0v) is 11.1. The topological polar surface area (TPSA) is 49.3 Å². The Morgan fingerprint density at radius 3 is 2.53 bits per heavy atom. The van der Waals surface area contributed by atoms with E-state index in [1.807, 2.05) is 30.5 Å². The Balaban J connectivity index is 2.71. The van der Waals surface area contributed by atoms with Crippen LogP contribution < -0.4 is 5.32 Å². The summed E-state index contributed by atoms with van der Waals surface area (Å²) >= 11 is 1.65. The Morgan fingerprint density at radius 1 is 1.41 bits per heavy atom. The van der Waals surface area contributed by atoms with Gasteiger partial charge in [0.25, 0.3) is 0 Å². The van der Waals surface area contributed by atoms with Gasteiger partial charge < -0.3 is 10.4 Å². The third-order valence-corrected chi connectivity index (χ3v) is 3.32. The molecule has 0 aromatic heterocycles. The third-order valence-electron chi connectivity index (χ3n) is 2.57. The third kappa shape index (κ3) is 4.40. The van der Waals surface area contributed by atoms with Gasteiger partial charge >= 0.3 is 5.97 Å². The molecule has 0 fully saturated rings. The molecule has 0 saturated carbocycles. The molecule has 0 amide bonds. The van der Waals surface area contributed by atoms with Crippen molar-refractivity contribution >= 4 is 17.7 Å². The van der Waals surface area contributed by atoms with Crippen LogP contribution in [0.4, 0.5) is 0 Å². The van der Waals surface area contributed by atoms with Crippen LogP contribution in [0.2, 0.25) is 0 Å². The van der Waals surface area contributed by atoms with Crippen molar-refractivity contribution in [1.82, 2.24) is 5.32 Å². The largest absolute Gasteiger partial charge is 0.480 e. The number of hydrogen-bond donors (Lipinski definition) is 2. The Labute approximate surface area is 107 Å². The highest BCUT2D eigenvalue weighted by atomic mass is 32.2. The second kappa shape index (κ2) is 7.35. The molecule has 94 valence electrons. The highest BCUT2D eigenvalue weighted by molar-refractivity contribution is 7.98. The zero-order chi connectivity index (χ0) is 12.7. The summed E-state index contributed by atoms with van der Waals surface area (Å²) in [7, 11) is 0. The van der Waals surface area contributed by atoms with E-state index in [2.05, 4.69) is 12.2 Å². The maximum Gasteiger partial charge on any atom is 0.325 e. The first-order chi connectivity index (χ1) is 8.19. The van der Waals surface area contributed by atoms with E-state index in [9.17, 15) is 9.90 Å². The molecule has 1 aromatic rings. The van der Waals surface area contributed by atoms with Crippen molar-refractivity contribution < 1.29 is 9.90 Å². The Bertz CT molecular complexity index is 351. The summed E-state index contributed by atoms with van der Waals surface area (Å²) in [5, 5.41) is 12.3. The zero-order valence-electron chi connectivity index (χ0n) is 10.3. The number of carbonyl (C=O) groups is 1. The predicted octanol–water partition coefficient (Wildman–Crippen LogP) is 2.92. The number of carboxylic acid groups (broad SMARTS) is 1. The monoisotopic (exact) mass is 253 g/mol. The minimum atomic E-state index is -0.821. The van der Waals surface area contributed by atoms with Crippen molar-refractivity contribution in [3.8, 4) is 0 Å². The van der Waals surface area contributed by atoms with Gasteiger partial charge in [-0.2, -0.15) is 0 Å². The fourth-order valence-corrected chi connectivity index (χ4v) is 1.98. The lowest BCUT2D eigenvalue weighted by atomic mass is 10.1. The Hall–Kier alpha value is -1.00. The van der Waals surface area contributed by atoms with Crippen molar-refractivity contribution in [1.29, 1.82) is 0 Å². The van der Waals surface area contributed by atoms with Crippen LogP contribution in [0.5, 0.6) is 0 Å². The molecule has 0 saturated heterocycles. The molecule has 1 aromatic carbocycles. The van der Waals surface area contributed by atoms with E-state index < -0.39 is 12.0 Å². The van der Waals surface area contributed by atoms with Gasteiger partial charge in [-0.05, 0) is 36.9 Å². The SMILES string of the molecule is CCCCNC(C(=O)O)c1ccc(SC)cc1. The normalized spacial score (nSPS) is 12.4. The number of hydrogen-bond acceptors (Lipinski definition) is 3. The summed E-state index contributed by atoms with van der Waals surface area (Å²) in [5.74, 6) is -0.821. The average Bonchev–Trinajstić information content (AvgIpc) is 2.34. The van der Waals surface area contributed by atoms with Crippen LogP contribution in [0.1, 0.15) is 31.4 Å². The van der Waals surface area contributed by atoms with Gasteiger partial charge in [0, 0.05) is 4.90 Å². The maximum absolute atomic E-state index is 11.2. The molecule has 0 aliphatic carbocycles. The fraction of sp³-hybridized carbons (Fsp3) is 0.462. The molecule has 0 spiro atoms. The Kier molecular flexibility index (Phi) is 6.08. The number of unbranched alkanes of at least 4 members (excludes halogenated alkanes) is 1. The van der Waals surface area contributed by atoms with Crippen LogP contribution in [0.15, 0.2) is 29.2 Å². The smallest absolute Gasteiger partial charge is 0.325 e. The molecule has 2 N–H and O–H groups in total. The van der Waals surface area contributed by atoms with E-state index in [4.69, 9.17) is 0 Å². The van der Waals surface area contributed by atoms with E-state index in [0.717, 1.165) is 29.8 Å². The van der Waals surface area contributed by atoms with E-state index in [-0.39, 0.29) is 0 Å². The molecule has 0 aliphatic rings. The van der Waals surface area contributed by atoms with Crippen molar-refractivity contribution in [2.75, 3.05) is 12.8 Å². The lowest BCUT2D eigenvalue weighted by Gasteiger charge is -2.14. The average molecular weight is 253 g/mol. The molecule has 3 nitrogen and oxygen atoms in total. The van der Waals surface area contributed by atoms with Gasteiger partial charge in [0.1, 0.15) is 6.04 Å². The molecule has 0 aliphatic heterocycles. The molecule has 0 radical (unpaired) electrons. The highest BCUT2D eigenvalue weighted by Gasteiger charge is 2.18. The second-order valence-electron chi connectivity index (χ2n) is 3.85. The molecular weight excluding hydrogens is 234 g/mol. The highest BCUT2D eigenvalue weighted by Crippen LogP contribution is 2.19. The second-order valence-corrected chi connectivity index (χ2v) is 4.73. The number of thioether (sulfide) groups is 1. The molecule has 1 rings (SSSR count). The molecule has 0 bridgehead atoms. The number of carboxylic acids is 1. The summed E-state index contributed by atoms with van der Waals surface area (Å²) in [4.78, 5) is 12.3. The van der Waals surface area contributed by atoms with E-state index in [1.54, 1.807) is 11.8 Å². The summed E-state index contributed by atoms with van der Waals surface area (Å²) in [6.07, 6.45) is 4.06. The van der Waals surface area contributed by atoms with Crippen molar-refractivity contribution in [3.05, 3.63) is 29.8 Å². The first-order valence-electron chi connectivity index (χ1n) is 5.79. The van der Waals surface area contributed by atoms with Gasteiger partial charge in [-0.3, -0.25) is 4.79 Å². The molecular formula is C13H19NO2S. The number of benzene rings is 1. The predicted molar refractivity (Wildman–Crippen MR) is 71.5 cm³/mol. The van der Waals surface area contributed by atoms with Crippen LogP contribution in [-0.2, 0) is 4.79 Å². The maximum atomic E-state index is 11.2. The first kappa shape index (κ1) is 14.1. The molecule has 17 heavy (non-hydrogen) atoms. The van der Waals surface area contributed by atoms with Crippen LogP contribution in [-0.4, -0.2) is 23.9 Å². The first-order valence-corrected chi connectivity index (χ1v) is 7.01. The van der Waals surface area contributed by atoms with Gasteiger partial charge in [-0.15, -0.1) is 11.8 Å². The van der Waals surface area contributed by atoms with Gasteiger partial charge in [-0.1, -0.05) is 25.5 Å². The molecule has 4 heteroatoms. The molecule has 0 heterocycles. The van der Waals surface area contributed by atoms with Gasteiger partial charge in [0.2, 0.25) is 0 Å². The van der Waals surface area contributed by atoms with Gasteiger partial charge in [0.05, 0.1) is 0 Å².